The minimum Gasteiger partial charge on any atom is -0.381 e. The van der Waals surface area contributed by atoms with Gasteiger partial charge in [-0.05, 0) is 30.9 Å². The summed E-state index contributed by atoms with van der Waals surface area (Å²) in [5.41, 5.74) is 2.02. The van der Waals surface area contributed by atoms with Crippen molar-refractivity contribution >= 4 is 5.91 Å². The topological polar surface area (TPSA) is 64.1 Å². The third-order valence-electron chi connectivity index (χ3n) is 4.21. The van der Waals surface area contributed by atoms with Crippen LogP contribution in [0.1, 0.15) is 42.3 Å². The highest BCUT2D eigenvalue weighted by Crippen LogP contribution is 2.22. The Labute approximate surface area is 142 Å². The lowest BCUT2D eigenvalue weighted by Gasteiger charge is -2.20. The monoisotopic (exact) mass is 325 g/mol. The van der Waals surface area contributed by atoms with E-state index in [0.717, 1.165) is 37.4 Å². The molecule has 126 valence electrons. The molecule has 1 saturated heterocycles. The third-order valence-corrected chi connectivity index (χ3v) is 4.21. The number of nitrogens with one attached hydrogen (secondary N) is 1. The zero-order chi connectivity index (χ0) is 16.6. The Kier molecular flexibility index (Phi) is 5.90. The number of hydrogen-bond donors (Lipinski definition) is 1. The van der Waals surface area contributed by atoms with Gasteiger partial charge >= 0.3 is 0 Å². The van der Waals surface area contributed by atoms with Gasteiger partial charge < -0.3 is 10.1 Å². The first-order valence-electron chi connectivity index (χ1n) is 8.51. The number of carbonyl (C=O) groups is 1. The van der Waals surface area contributed by atoms with E-state index in [1.807, 2.05) is 36.4 Å². The Morgan fingerprint density at radius 2 is 2.12 bits per heavy atom. The van der Waals surface area contributed by atoms with Crippen LogP contribution >= 0.6 is 0 Å². The van der Waals surface area contributed by atoms with E-state index in [0.29, 0.717) is 19.6 Å². The number of rotatable bonds is 6. The zero-order valence-corrected chi connectivity index (χ0v) is 13.8. The molecule has 0 bridgehead atoms. The molecule has 0 aliphatic carbocycles. The van der Waals surface area contributed by atoms with Gasteiger partial charge in [-0.25, -0.2) is 9.97 Å². The number of carbonyl (C=O) groups excluding carboxylic acids is 1. The molecule has 1 atom stereocenters. The van der Waals surface area contributed by atoms with E-state index < -0.39 is 0 Å². The minimum absolute atomic E-state index is 0.0417. The molecule has 2 heterocycles. The molecular weight excluding hydrogens is 302 g/mol. The molecule has 1 aromatic heterocycles. The van der Waals surface area contributed by atoms with Crippen molar-refractivity contribution in [2.24, 2.45) is 0 Å². The van der Waals surface area contributed by atoms with Crippen LogP contribution in [0.15, 0.2) is 42.6 Å². The SMILES string of the molecule is O=C(CCc1ccccc1)NCc1ccnc([C@@H]2CCCOC2)n1. The molecule has 1 aromatic carbocycles. The maximum Gasteiger partial charge on any atom is 0.220 e. The Bertz CT molecular complexity index is 655. The zero-order valence-electron chi connectivity index (χ0n) is 13.8. The van der Waals surface area contributed by atoms with Crippen molar-refractivity contribution in [1.29, 1.82) is 0 Å². The summed E-state index contributed by atoms with van der Waals surface area (Å²) in [7, 11) is 0. The molecule has 1 fully saturated rings. The van der Waals surface area contributed by atoms with Gasteiger partial charge in [0.1, 0.15) is 5.82 Å². The van der Waals surface area contributed by atoms with E-state index >= 15 is 0 Å². The van der Waals surface area contributed by atoms with Crippen LogP contribution in [0.25, 0.3) is 0 Å². The molecule has 1 aliphatic heterocycles. The van der Waals surface area contributed by atoms with Crippen molar-refractivity contribution < 1.29 is 9.53 Å². The Morgan fingerprint density at radius 1 is 1.25 bits per heavy atom. The highest BCUT2D eigenvalue weighted by molar-refractivity contribution is 5.76. The summed E-state index contributed by atoms with van der Waals surface area (Å²) in [5.74, 6) is 1.14. The molecule has 1 N–H and O–H groups in total. The normalized spacial score (nSPS) is 17.4. The number of aryl methyl sites for hydroxylation is 1. The van der Waals surface area contributed by atoms with Crippen LogP contribution in [0.5, 0.6) is 0 Å². The molecule has 3 rings (SSSR count). The summed E-state index contributed by atoms with van der Waals surface area (Å²) >= 11 is 0. The Balaban J connectivity index is 1.48. The molecule has 5 nitrogen and oxygen atoms in total. The molecule has 0 saturated carbocycles. The molecule has 0 unspecified atom stereocenters. The number of aromatic nitrogens is 2. The lowest BCUT2D eigenvalue weighted by molar-refractivity contribution is -0.121. The van der Waals surface area contributed by atoms with Gasteiger partial charge in [0.15, 0.2) is 0 Å². The largest absolute Gasteiger partial charge is 0.381 e. The van der Waals surface area contributed by atoms with Gasteiger partial charge in [-0.2, -0.15) is 0 Å². The van der Waals surface area contributed by atoms with E-state index in [9.17, 15) is 4.79 Å². The van der Waals surface area contributed by atoms with Crippen LogP contribution < -0.4 is 5.32 Å². The van der Waals surface area contributed by atoms with E-state index in [-0.39, 0.29) is 11.8 Å². The van der Waals surface area contributed by atoms with Crippen molar-refractivity contribution in [1.82, 2.24) is 15.3 Å². The van der Waals surface area contributed by atoms with E-state index in [2.05, 4.69) is 15.3 Å². The van der Waals surface area contributed by atoms with Crippen molar-refractivity contribution in [3.63, 3.8) is 0 Å². The van der Waals surface area contributed by atoms with E-state index in [4.69, 9.17) is 4.74 Å². The number of hydrogen-bond acceptors (Lipinski definition) is 4. The number of ether oxygens (including phenoxy) is 1. The molecule has 1 amide bonds. The van der Waals surface area contributed by atoms with Crippen LogP contribution in [0, 0.1) is 0 Å². The molecule has 2 aromatic rings. The average Bonchev–Trinajstić information content (AvgIpc) is 2.66. The lowest BCUT2D eigenvalue weighted by Crippen LogP contribution is -2.24. The van der Waals surface area contributed by atoms with Crippen LogP contribution in [0.4, 0.5) is 0 Å². The second-order valence-corrected chi connectivity index (χ2v) is 6.08. The lowest BCUT2D eigenvalue weighted by atomic mass is 10.0. The predicted octanol–water partition coefficient (Wildman–Crippen LogP) is 2.62. The van der Waals surface area contributed by atoms with Crippen molar-refractivity contribution in [3.8, 4) is 0 Å². The maximum atomic E-state index is 12.0. The molecule has 1 aliphatic rings. The highest BCUT2D eigenvalue weighted by atomic mass is 16.5. The first-order valence-corrected chi connectivity index (χ1v) is 8.51. The van der Waals surface area contributed by atoms with Crippen LogP contribution in [-0.4, -0.2) is 29.1 Å². The first-order chi connectivity index (χ1) is 11.8. The third kappa shape index (κ3) is 4.86. The van der Waals surface area contributed by atoms with Crippen LogP contribution in [-0.2, 0) is 22.5 Å². The van der Waals surface area contributed by atoms with Gasteiger partial charge in [-0.15, -0.1) is 0 Å². The molecule has 0 spiro atoms. The second kappa shape index (κ2) is 8.55. The fraction of sp³-hybridized carbons (Fsp3) is 0.421. The summed E-state index contributed by atoms with van der Waals surface area (Å²) in [6, 6.07) is 11.9. The average molecular weight is 325 g/mol. The van der Waals surface area contributed by atoms with E-state index in [1.54, 1.807) is 6.20 Å². The Morgan fingerprint density at radius 3 is 2.92 bits per heavy atom. The molecule has 0 radical (unpaired) electrons. The minimum atomic E-state index is 0.0417. The number of nitrogens with zero attached hydrogens (tertiary/aromatic N) is 2. The van der Waals surface area contributed by atoms with Crippen molar-refractivity contribution in [2.45, 2.75) is 38.1 Å². The quantitative estimate of drug-likeness (QED) is 0.887. The van der Waals surface area contributed by atoms with Crippen LogP contribution in [0.2, 0.25) is 0 Å². The Hall–Kier alpha value is -2.27. The fourth-order valence-corrected chi connectivity index (χ4v) is 2.83. The van der Waals surface area contributed by atoms with Gasteiger partial charge in [0.25, 0.3) is 0 Å². The summed E-state index contributed by atoms with van der Waals surface area (Å²) in [6.45, 7) is 1.96. The van der Waals surface area contributed by atoms with E-state index in [1.165, 1.54) is 5.56 Å². The summed E-state index contributed by atoms with van der Waals surface area (Å²) in [6.07, 6.45) is 5.11. The van der Waals surface area contributed by atoms with Crippen molar-refractivity contribution in [2.75, 3.05) is 13.2 Å². The van der Waals surface area contributed by atoms with Gasteiger partial charge in [0, 0.05) is 25.1 Å². The summed E-state index contributed by atoms with van der Waals surface area (Å²) in [4.78, 5) is 20.9. The highest BCUT2D eigenvalue weighted by Gasteiger charge is 2.18. The second-order valence-electron chi connectivity index (χ2n) is 6.08. The maximum absolute atomic E-state index is 12.0. The molecular formula is C19H23N3O2. The number of amides is 1. The molecule has 5 heteroatoms. The number of benzene rings is 1. The summed E-state index contributed by atoms with van der Waals surface area (Å²) < 4.78 is 5.50. The van der Waals surface area contributed by atoms with Gasteiger partial charge in [-0.1, -0.05) is 30.3 Å². The standard InChI is InChI=1S/C19H23N3O2/c23-18(9-8-15-5-2-1-3-6-15)21-13-17-10-11-20-19(22-17)16-7-4-12-24-14-16/h1-3,5-6,10-11,16H,4,7-9,12-14H2,(H,21,23)/t16-/m1/s1. The van der Waals surface area contributed by atoms with Gasteiger partial charge in [-0.3, -0.25) is 4.79 Å². The van der Waals surface area contributed by atoms with Crippen molar-refractivity contribution in [3.05, 3.63) is 59.7 Å². The predicted molar refractivity (Wildman–Crippen MR) is 91.4 cm³/mol. The summed E-state index contributed by atoms with van der Waals surface area (Å²) in [5, 5.41) is 2.94. The molecule has 24 heavy (non-hydrogen) atoms. The fourth-order valence-electron chi connectivity index (χ4n) is 2.83. The van der Waals surface area contributed by atoms with Gasteiger partial charge in [0.05, 0.1) is 18.8 Å². The van der Waals surface area contributed by atoms with Gasteiger partial charge in [0.2, 0.25) is 5.91 Å². The first kappa shape index (κ1) is 16.6. The smallest absolute Gasteiger partial charge is 0.220 e. The van der Waals surface area contributed by atoms with Crippen LogP contribution in [0.3, 0.4) is 0 Å².